The number of hydrazine groups is 2. The van der Waals surface area contributed by atoms with Gasteiger partial charge in [-0.15, -0.1) is 43.7 Å². The lowest BCUT2D eigenvalue weighted by atomic mass is 10.2. The molecule has 0 atom stereocenters. The van der Waals surface area contributed by atoms with Gasteiger partial charge in [0.2, 0.25) is 5.13 Å². The number of hydrogen-bond acceptors (Lipinski definition) is 8. The molecule has 2 aromatic heterocycles. The van der Waals surface area contributed by atoms with Crippen LogP contribution in [0.15, 0.2) is 82.9 Å². The van der Waals surface area contributed by atoms with Gasteiger partial charge in [0.1, 0.15) is 0 Å². The summed E-state index contributed by atoms with van der Waals surface area (Å²) in [6.07, 6.45) is 1.77. The van der Waals surface area contributed by atoms with E-state index >= 15 is 0 Å². The molecule has 0 spiro atoms. The second kappa shape index (κ2) is 10.3. The van der Waals surface area contributed by atoms with E-state index in [4.69, 9.17) is 5.10 Å². The van der Waals surface area contributed by atoms with E-state index in [0.29, 0.717) is 0 Å². The molecule has 0 saturated heterocycles. The van der Waals surface area contributed by atoms with Crippen LogP contribution in [0.4, 0.5) is 10.8 Å². The molecule has 5 rings (SSSR count). The van der Waals surface area contributed by atoms with Crippen LogP contribution in [0.2, 0.25) is 0 Å². The first-order valence-electron chi connectivity index (χ1n) is 9.04. The van der Waals surface area contributed by atoms with E-state index in [0.717, 1.165) is 27.9 Å². The Bertz CT molecular complexity index is 1030. The smallest absolute Gasteiger partial charge is 0.228 e. The quantitative estimate of drug-likeness (QED) is 0.397. The monoisotopic (exact) mass is 500 g/mol. The molecule has 30 heavy (non-hydrogen) atoms. The Morgan fingerprint density at radius 3 is 2.17 bits per heavy atom. The number of aromatic nitrogens is 2. The first-order chi connectivity index (χ1) is 14.2. The number of para-hydroxylation sites is 1. The maximum absolute atomic E-state index is 4.76. The molecule has 0 saturated carbocycles. The van der Waals surface area contributed by atoms with E-state index in [-0.39, 0.29) is 17.0 Å². The van der Waals surface area contributed by atoms with E-state index < -0.39 is 0 Å². The molecule has 1 N–H and O–H groups in total. The van der Waals surface area contributed by atoms with Crippen LogP contribution in [0.3, 0.4) is 0 Å². The summed E-state index contributed by atoms with van der Waals surface area (Å²) in [6, 6.07) is 20.1. The largest absolute Gasteiger partial charge is 0.256 e. The molecule has 0 bridgehead atoms. The lowest BCUT2D eigenvalue weighted by Crippen LogP contribution is -2.44. The highest BCUT2D eigenvalue weighted by Crippen LogP contribution is 2.30. The number of benzene rings is 2. The van der Waals surface area contributed by atoms with Crippen molar-refractivity contribution in [1.82, 2.24) is 15.4 Å². The van der Waals surface area contributed by atoms with E-state index in [1.807, 2.05) is 83.2 Å². The molecule has 2 aromatic carbocycles. The molecule has 1 aliphatic rings. The molecular formula is C21H21BrN6S2. The number of aryl methyl sites for hydroxylation is 2. The summed E-state index contributed by atoms with van der Waals surface area (Å²) in [6.45, 7) is 4.11. The number of rotatable bonds is 3. The van der Waals surface area contributed by atoms with E-state index in [9.17, 15) is 0 Å². The van der Waals surface area contributed by atoms with E-state index in [1.165, 1.54) is 4.88 Å². The summed E-state index contributed by atoms with van der Waals surface area (Å²) in [5, 5.41) is 11.3. The van der Waals surface area contributed by atoms with Gasteiger partial charge in [-0.2, -0.15) is 0 Å². The van der Waals surface area contributed by atoms with Gasteiger partial charge in [0.25, 0.3) is 0 Å². The number of thiazole rings is 2. The Kier molecular flexibility index (Phi) is 7.56. The lowest BCUT2D eigenvalue weighted by molar-refractivity contribution is 0.765. The molecule has 3 heterocycles. The van der Waals surface area contributed by atoms with Gasteiger partial charge in [0, 0.05) is 22.0 Å². The van der Waals surface area contributed by atoms with Gasteiger partial charge < -0.3 is 0 Å². The number of amidine groups is 1. The third-order valence-corrected chi connectivity index (χ3v) is 5.75. The standard InChI is InChI=1S/C18H17N5S.C3H3NS.BrH/c1-13-14(2)24-18(19-13)23-21-17(15-9-5-3-6-10-15)20-22(23)16-11-7-4-8-12-16;1-2-5-3-4-1;/h3-12H,1-2H3,(H,20,21);1-3H;1H. The number of nitrogens with one attached hydrogen (secondary N) is 1. The van der Waals surface area contributed by atoms with Crippen LogP contribution in [0.25, 0.3) is 0 Å². The zero-order valence-corrected chi connectivity index (χ0v) is 19.8. The number of hydrazone groups is 1. The highest BCUT2D eigenvalue weighted by molar-refractivity contribution is 8.93. The highest BCUT2D eigenvalue weighted by Gasteiger charge is 2.28. The molecule has 0 radical (unpaired) electrons. The first-order valence-corrected chi connectivity index (χ1v) is 10.8. The van der Waals surface area contributed by atoms with Crippen LogP contribution < -0.4 is 15.7 Å². The number of hydrogen-bond donors (Lipinski definition) is 1. The van der Waals surface area contributed by atoms with Crippen molar-refractivity contribution in [2.24, 2.45) is 5.10 Å². The molecule has 1 aliphatic heterocycles. The SMILES string of the molecule is Br.Cc1nc(N2NC(c3ccccc3)=NN2c2ccccc2)sc1C.c1cscn1. The van der Waals surface area contributed by atoms with Crippen LogP contribution >= 0.6 is 39.7 Å². The van der Waals surface area contributed by atoms with Gasteiger partial charge in [-0.1, -0.05) is 59.9 Å². The first kappa shape index (κ1) is 21.9. The molecule has 154 valence electrons. The average Bonchev–Trinajstić information content (AvgIpc) is 3.52. The number of halogens is 1. The topological polar surface area (TPSA) is 56.7 Å². The molecule has 9 heteroatoms. The van der Waals surface area contributed by atoms with Crippen molar-refractivity contribution < 1.29 is 0 Å². The number of nitrogens with zero attached hydrogens (tertiary/aromatic N) is 5. The summed E-state index contributed by atoms with van der Waals surface area (Å²) in [7, 11) is 0. The van der Waals surface area contributed by atoms with Gasteiger partial charge in [0.15, 0.2) is 5.84 Å². The summed E-state index contributed by atoms with van der Waals surface area (Å²) in [5.74, 6) is 0.796. The van der Waals surface area contributed by atoms with Crippen LogP contribution in [0.1, 0.15) is 16.1 Å². The fourth-order valence-corrected chi connectivity index (χ4v) is 3.82. The minimum Gasteiger partial charge on any atom is -0.256 e. The van der Waals surface area contributed by atoms with Gasteiger partial charge in [-0.3, -0.25) is 10.4 Å². The Hall–Kier alpha value is -2.75. The molecule has 0 aliphatic carbocycles. The zero-order valence-electron chi connectivity index (χ0n) is 16.5. The lowest BCUT2D eigenvalue weighted by Gasteiger charge is -2.25. The zero-order chi connectivity index (χ0) is 20.1. The van der Waals surface area contributed by atoms with Crippen LogP contribution in [-0.2, 0) is 0 Å². The van der Waals surface area contributed by atoms with Gasteiger partial charge in [-0.05, 0) is 26.0 Å². The second-order valence-electron chi connectivity index (χ2n) is 6.18. The van der Waals surface area contributed by atoms with Crippen molar-refractivity contribution in [1.29, 1.82) is 0 Å². The summed E-state index contributed by atoms with van der Waals surface area (Å²) < 4.78 is 0. The summed E-state index contributed by atoms with van der Waals surface area (Å²) >= 11 is 3.25. The average molecular weight is 501 g/mol. The van der Waals surface area contributed by atoms with Gasteiger partial charge in [0.05, 0.1) is 16.9 Å². The molecule has 0 fully saturated rings. The minimum absolute atomic E-state index is 0. The van der Waals surface area contributed by atoms with Crippen molar-refractivity contribution >= 4 is 56.3 Å². The van der Waals surface area contributed by atoms with Crippen molar-refractivity contribution in [3.8, 4) is 0 Å². The van der Waals surface area contributed by atoms with Gasteiger partial charge >= 0.3 is 0 Å². The molecule has 0 amide bonds. The Morgan fingerprint density at radius 2 is 1.63 bits per heavy atom. The Balaban J connectivity index is 0.000000376. The van der Waals surface area contributed by atoms with E-state index in [2.05, 4.69) is 22.3 Å². The van der Waals surface area contributed by atoms with Crippen molar-refractivity contribution in [3.63, 3.8) is 0 Å². The van der Waals surface area contributed by atoms with E-state index in [1.54, 1.807) is 34.4 Å². The van der Waals surface area contributed by atoms with Crippen molar-refractivity contribution in [3.05, 3.63) is 93.9 Å². The highest BCUT2D eigenvalue weighted by atomic mass is 79.9. The third kappa shape index (κ3) is 5.05. The van der Waals surface area contributed by atoms with Crippen LogP contribution in [0.5, 0.6) is 0 Å². The molecule has 4 aromatic rings. The minimum atomic E-state index is 0. The van der Waals surface area contributed by atoms with Crippen molar-refractivity contribution in [2.45, 2.75) is 13.8 Å². The molecule has 0 unspecified atom stereocenters. The predicted octanol–water partition coefficient (Wildman–Crippen LogP) is 5.59. The maximum Gasteiger partial charge on any atom is 0.228 e. The second-order valence-corrected chi connectivity index (χ2v) is 8.11. The van der Waals surface area contributed by atoms with Crippen LogP contribution in [-0.4, -0.2) is 15.8 Å². The molecule has 6 nitrogen and oxygen atoms in total. The van der Waals surface area contributed by atoms with Crippen LogP contribution in [0, 0.1) is 13.8 Å². The Labute approximate surface area is 194 Å². The van der Waals surface area contributed by atoms with Gasteiger partial charge in [-0.25, -0.2) is 4.98 Å². The fourth-order valence-electron chi connectivity index (χ4n) is 2.61. The summed E-state index contributed by atoms with van der Waals surface area (Å²) in [5.41, 5.74) is 8.21. The van der Waals surface area contributed by atoms with Crippen molar-refractivity contribution in [2.75, 3.05) is 10.2 Å². The number of anilines is 2. The summed E-state index contributed by atoms with van der Waals surface area (Å²) in [4.78, 5) is 9.61. The molecular weight excluding hydrogens is 480 g/mol. The fraction of sp³-hybridized carbons (Fsp3) is 0.0952. The maximum atomic E-state index is 4.76. The third-order valence-electron chi connectivity index (χ3n) is 4.18. The normalized spacial score (nSPS) is 12.4. The predicted molar refractivity (Wildman–Crippen MR) is 132 cm³/mol. The Morgan fingerprint density at radius 1 is 0.933 bits per heavy atom.